The van der Waals surface area contributed by atoms with Crippen molar-refractivity contribution in [1.29, 1.82) is 0 Å². The standard InChI is InChI=1S/C10H16O2/c1-7-3-5-10(8(7)2)6-4-9(11)12-10/h7-8H,3-6H2,1-2H3. The zero-order chi connectivity index (χ0) is 8.77. The Morgan fingerprint density at radius 2 is 2.17 bits per heavy atom. The smallest absolute Gasteiger partial charge is 0.306 e. The molecular weight excluding hydrogens is 152 g/mol. The van der Waals surface area contributed by atoms with Gasteiger partial charge in [0.2, 0.25) is 0 Å². The van der Waals surface area contributed by atoms with Gasteiger partial charge in [0.15, 0.2) is 0 Å². The van der Waals surface area contributed by atoms with E-state index in [1.54, 1.807) is 0 Å². The summed E-state index contributed by atoms with van der Waals surface area (Å²) in [4.78, 5) is 11.0. The highest BCUT2D eigenvalue weighted by Crippen LogP contribution is 2.48. The molecule has 1 saturated carbocycles. The van der Waals surface area contributed by atoms with Crippen molar-refractivity contribution in [2.75, 3.05) is 0 Å². The van der Waals surface area contributed by atoms with Crippen LogP contribution in [0.5, 0.6) is 0 Å². The lowest BCUT2D eigenvalue weighted by Crippen LogP contribution is -2.32. The normalized spacial score (nSPS) is 47.0. The molecule has 0 aromatic heterocycles. The van der Waals surface area contributed by atoms with E-state index in [4.69, 9.17) is 4.74 Å². The maximum absolute atomic E-state index is 11.0. The van der Waals surface area contributed by atoms with E-state index in [2.05, 4.69) is 13.8 Å². The third kappa shape index (κ3) is 0.970. The van der Waals surface area contributed by atoms with Crippen molar-refractivity contribution < 1.29 is 9.53 Å². The fraction of sp³-hybridized carbons (Fsp3) is 0.900. The Morgan fingerprint density at radius 3 is 2.58 bits per heavy atom. The molecule has 0 amide bonds. The molecule has 1 saturated heterocycles. The molecule has 2 fully saturated rings. The topological polar surface area (TPSA) is 26.3 Å². The van der Waals surface area contributed by atoms with Crippen LogP contribution in [0.2, 0.25) is 0 Å². The summed E-state index contributed by atoms with van der Waals surface area (Å²) in [6.45, 7) is 4.47. The summed E-state index contributed by atoms with van der Waals surface area (Å²) in [6, 6.07) is 0. The van der Waals surface area contributed by atoms with Crippen LogP contribution in [0.4, 0.5) is 0 Å². The maximum Gasteiger partial charge on any atom is 0.306 e. The molecule has 68 valence electrons. The van der Waals surface area contributed by atoms with E-state index in [0.717, 1.165) is 18.8 Å². The van der Waals surface area contributed by atoms with Gasteiger partial charge >= 0.3 is 5.97 Å². The fourth-order valence-corrected chi connectivity index (χ4v) is 2.61. The summed E-state index contributed by atoms with van der Waals surface area (Å²) >= 11 is 0. The Hall–Kier alpha value is -0.530. The lowest BCUT2D eigenvalue weighted by Gasteiger charge is -2.28. The Bertz CT molecular complexity index is 212. The first-order chi connectivity index (χ1) is 5.64. The van der Waals surface area contributed by atoms with Gasteiger partial charge in [0.1, 0.15) is 5.60 Å². The lowest BCUT2D eigenvalue weighted by molar-refractivity contribution is -0.151. The van der Waals surface area contributed by atoms with Crippen LogP contribution in [0.25, 0.3) is 0 Å². The third-order valence-corrected chi connectivity index (χ3v) is 3.78. The molecule has 2 aliphatic rings. The van der Waals surface area contributed by atoms with Crippen LogP contribution in [0.3, 0.4) is 0 Å². The summed E-state index contributed by atoms with van der Waals surface area (Å²) in [6.07, 6.45) is 3.89. The fourth-order valence-electron chi connectivity index (χ4n) is 2.61. The number of esters is 1. The molecule has 12 heavy (non-hydrogen) atoms. The van der Waals surface area contributed by atoms with Gasteiger partial charge in [0.05, 0.1) is 0 Å². The number of hydrogen-bond acceptors (Lipinski definition) is 2. The predicted octanol–water partition coefficient (Wildman–Crippen LogP) is 2.13. The van der Waals surface area contributed by atoms with Crippen molar-refractivity contribution in [3.05, 3.63) is 0 Å². The summed E-state index contributed by atoms with van der Waals surface area (Å²) < 4.78 is 5.45. The second-order valence-electron chi connectivity index (χ2n) is 4.34. The first-order valence-electron chi connectivity index (χ1n) is 4.86. The largest absolute Gasteiger partial charge is 0.459 e. The van der Waals surface area contributed by atoms with Gasteiger partial charge < -0.3 is 4.74 Å². The quantitative estimate of drug-likeness (QED) is 0.518. The van der Waals surface area contributed by atoms with Crippen LogP contribution in [0.1, 0.15) is 39.5 Å². The second kappa shape index (κ2) is 2.48. The van der Waals surface area contributed by atoms with E-state index in [0.29, 0.717) is 12.3 Å². The molecule has 1 spiro atoms. The zero-order valence-electron chi connectivity index (χ0n) is 7.80. The molecule has 0 radical (unpaired) electrons. The molecule has 3 atom stereocenters. The van der Waals surface area contributed by atoms with E-state index in [-0.39, 0.29) is 11.6 Å². The Labute approximate surface area is 73.3 Å². The third-order valence-electron chi connectivity index (χ3n) is 3.78. The Kier molecular flexibility index (Phi) is 1.67. The summed E-state index contributed by atoms with van der Waals surface area (Å²) in [7, 11) is 0. The zero-order valence-corrected chi connectivity index (χ0v) is 7.80. The molecule has 2 heteroatoms. The minimum Gasteiger partial charge on any atom is -0.459 e. The first kappa shape index (κ1) is 8.09. The van der Waals surface area contributed by atoms with Crippen molar-refractivity contribution >= 4 is 5.97 Å². The SMILES string of the molecule is CC1CCC2(CCC(=O)O2)C1C. The minimum atomic E-state index is -0.0590. The van der Waals surface area contributed by atoms with Crippen LogP contribution < -0.4 is 0 Å². The number of ether oxygens (including phenoxy) is 1. The molecule has 3 unspecified atom stereocenters. The monoisotopic (exact) mass is 168 g/mol. The minimum absolute atomic E-state index is 0.0101. The van der Waals surface area contributed by atoms with Crippen molar-refractivity contribution in [3.63, 3.8) is 0 Å². The van der Waals surface area contributed by atoms with Gasteiger partial charge in [-0.3, -0.25) is 4.79 Å². The summed E-state index contributed by atoms with van der Waals surface area (Å²) in [5.41, 5.74) is -0.0590. The Morgan fingerprint density at radius 1 is 1.42 bits per heavy atom. The molecule has 1 aliphatic carbocycles. The highest BCUT2D eigenvalue weighted by atomic mass is 16.6. The number of carbonyl (C=O) groups is 1. The summed E-state index contributed by atoms with van der Waals surface area (Å²) in [5.74, 6) is 1.29. The molecule has 0 N–H and O–H groups in total. The molecule has 2 nitrogen and oxygen atoms in total. The van der Waals surface area contributed by atoms with Crippen molar-refractivity contribution in [2.24, 2.45) is 11.8 Å². The molecule has 2 rings (SSSR count). The van der Waals surface area contributed by atoms with Gasteiger partial charge in [-0.25, -0.2) is 0 Å². The van der Waals surface area contributed by atoms with E-state index in [9.17, 15) is 4.79 Å². The van der Waals surface area contributed by atoms with Gasteiger partial charge in [0.25, 0.3) is 0 Å². The van der Waals surface area contributed by atoms with Crippen LogP contribution in [-0.2, 0) is 9.53 Å². The van der Waals surface area contributed by atoms with Gasteiger partial charge in [-0.2, -0.15) is 0 Å². The van der Waals surface area contributed by atoms with Crippen LogP contribution in [0, 0.1) is 11.8 Å². The number of hydrogen-bond donors (Lipinski definition) is 0. The predicted molar refractivity (Wildman–Crippen MR) is 45.6 cm³/mol. The molecule has 0 bridgehead atoms. The van der Waals surface area contributed by atoms with E-state index in [1.807, 2.05) is 0 Å². The highest BCUT2D eigenvalue weighted by molar-refractivity contribution is 5.72. The van der Waals surface area contributed by atoms with Crippen molar-refractivity contribution in [3.8, 4) is 0 Å². The summed E-state index contributed by atoms with van der Waals surface area (Å²) in [5, 5.41) is 0. The molecular formula is C10H16O2. The average Bonchev–Trinajstić information content (AvgIpc) is 2.53. The van der Waals surface area contributed by atoms with E-state index < -0.39 is 0 Å². The van der Waals surface area contributed by atoms with E-state index >= 15 is 0 Å². The van der Waals surface area contributed by atoms with Crippen LogP contribution in [-0.4, -0.2) is 11.6 Å². The molecule has 1 heterocycles. The van der Waals surface area contributed by atoms with Crippen molar-refractivity contribution in [1.82, 2.24) is 0 Å². The van der Waals surface area contributed by atoms with E-state index in [1.165, 1.54) is 6.42 Å². The van der Waals surface area contributed by atoms with Gasteiger partial charge in [-0.05, 0) is 31.1 Å². The average molecular weight is 168 g/mol. The number of carbonyl (C=O) groups excluding carboxylic acids is 1. The highest BCUT2D eigenvalue weighted by Gasteiger charge is 2.50. The van der Waals surface area contributed by atoms with Crippen molar-refractivity contribution in [2.45, 2.75) is 45.1 Å². The van der Waals surface area contributed by atoms with Gasteiger partial charge in [-0.15, -0.1) is 0 Å². The Balaban J connectivity index is 2.17. The molecule has 0 aromatic carbocycles. The number of rotatable bonds is 0. The molecule has 1 aliphatic heterocycles. The van der Waals surface area contributed by atoms with Crippen LogP contribution in [0.15, 0.2) is 0 Å². The van der Waals surface area contributed by atoms with Gasteiger partial charge in [-0.1, -0.05) is 13.8 Å². The van der Waals surface area contributed by atoms with Gasteiger partial charge in [0, 0.05) is 6.42 Å². The molecule has 0 aromatic rings. The lowest BCUT2D eigenvalue weighted by atomic mass is 9.86. The second-order valence-corrected chi connectivity index (χ2v) is 4.34. The first-order valence-corrected chi connectivity index (χ1v) is 4.86. The van der Waals surface area contributed by atoms with Crippen LogP contribution >= 0.6 is 0 Å². The maximum atomic E-state index is 11.0.